The molecule has 0 aliphatic heterocycles. The van der Waals surface area contributed by atoms with Crippen molar-refractivity contribution in [3.8, 4) is 0 Å². The summed E-state index contributed by atoms with van der Waals surface area (Å²) in [5.74, 6) is 0. The zero-order valence-corrected chi connectivity index (χ0v) is 7.14. The van der Waals surface area contributed by atoms with Crippen LogP contribution in [0.3, 0.4) is 0 Å². The van der Waals surface area contributed by atoms with E-state index in [2.05, 4.69) is 14.3 Å². The molecule has 0 N–H and O–H groups in total. The molecule has 0 aliphatic rings. The fourth-order valence-corrected chi connectivity index (χ4v) is 1.89. The highest BCUT2D eigenvalue weighted by Crippen LogP contribution is 2.20. The van der Waals surface area contributed by atoms with Gasteiger partial charge in [-0.15, -0.1) is 0 Å². The Labute approximate surface area is 68.3 Å². The van der Waals surface area contributed by atoms with E-state index in [0.717, 1.165) is 21.6 Å². The zero-order chi connectivity index (χ0) is 7.84. The largest absolute Gasteiger partial charge is 0.241 e. The molecule has 0 bridgehead atoms. The zero-order valence-electron chi connectivity index (χ0n) is 6.33. The summed E-state index contributed by atoms with van der Waals surface area (Å²) < 4.78 is 4.20. The summed E-state index contributed by atoms with van der Waals surface area (Å²) in [5, 5.41) is 1.11. The molecule has 0 amide bonds. The Balaban J connectivity index is 2.96. The third-order valence-electron chi connectivity index (χ3n) is 1.63. The van der Waals surface area contributed by atoms with Crippen molar-refractivity contribution in [3.05, 3.63) is 17.7 Å². The number of hydrogen-bond acceptors (Lipinski definition) is 4. The van der Waals surface area contributed by atoms with Gasteiger partial charge < -0.3 is 0 Å². The van der Waals surface area contributed by atoms with Gasteiger partial charge in [-0.3, -0.25) is 0 Å². The molecule has 4 heteroatoms. The standard InChI is InChI=1S/C7H7N3S/c1-4-6-5(2)10-11-7(6)9-3-8-4/h3H,1-2H3. The molecule has 0 atom stereocenters. The van der Waals surface area contributed by atoms with Crippen molar-refractivity contribution in [2.45, 2.75) is 13.8 Å². The molecule has 0 saturated carbocycles. The predicted octanol–water partition coefficient (Wildman–Crippen LogP) is 1.70. The monoisotopic (exact) mass is 165 g/mol. The fourth-order valence-electron chi connectivity index (χ4n) is 1.09. The van der Waals surface area contributed by atoms with Crippen molar-refractivity contribution in [2.24, 2.45) is 0 Å². The average molecular weight is 165 g/mol. The van der Waals surface area contributed by atoms with E-state index in [1.807, 2.05) is 13.8 Å². The summed E-state index contributed by atoms with van der Waals surface area (Å²) >= 11 is 1.43. The van der Waals surface area contributed by atoms with Crippen LogP contribution in [0.25, 0.3) is 10.2 Å². The SMILES string of the molecule is Cc1ncnc2snc(C)c12. The highest BCUT2D eigenvalue weighted by Gasteiger charge is 2.04. The van der Waals surface area contributed by atoms with E-state index in [-0.39, 0.29) is 0 Å². The maximum absolute atomic E-state index is 4.20. The highest BCUT2D eigenvalue weighted by atomic mass is 32.1. The molecule has 56 valence electrons. The summed E-state index contributed by atoms with van der Waals surface area (Å²) in [5.41, 5.74) is 2.05. The normalized spacial score (nSPS) is 10.7. The smallest absolute Gasteiger partial charge is 0.147 e. The van der Waals surface area contributed by atoms with Crippen LogP contribution in [0.15, 0.2) is 6.33 Å². The van der Waals surface area contributed by atoms with Crippen molar-refractivity contribution in [1.29, 1.82) is 0 Å². The Morgan fingerprint density at radius 1 is 1.18 bits per heavy atom. The summed E-state index contributed by atoms with van der Waals surface area (Å²) in [7, 11) is 0. The van der Waals surface area contributed by atoms with Gasteiger partial charge >= 0.3 is 0 Å². The van der Waals surface area contributed by atoms with Crippen LogP contribution in [0.4, 0.5) is 0 Å². The number of aromatic nitrogens is 3. The minimum atomic E-state index is 0.981. The van der Waals surface area contributed by atoms with Crippen LogP contribution in [0.5, 0.6) is 0 Å². The Hall–Kier alpha value is -1.03. The quantitative estimate of drug-likeness (QED) is 0.596. The van der Waals surface area contributed by atoms with Crippen LogP contribution in [-0.4, -0.2) is 14.3 Å². The van der Waals surface area contributed by atoms with Gasteiger partial charge in [-0.25, -0.2) is 9.97 Å². The lowest BCUT2D eigenvalue weighted by atomic mass is 10.2. The molecule has 0 unspecified atom stereocenters. The average Bonchev–Trinajstić information content (AvgIpc) is 2.34. The first-order valence-electron chi connectivity index (χ1n) is 3.32. The lowest BCUT2D eigenvalue weighted by Crippen LogP contribution is -1.84. The molecule has 2 aromatic heterocycles. The van der Waals surface area contributed by atoms with Crippen LogP contribution in [0, 0.1) is 13.8 Å². The van der Waals surface area contributed by atoms with Gasteiger partial charge in [0.15, 0.2) is 0 Å². The van der Waals surface area contributed by atoms with Crippen molar-refractivity contribution in [3.63, 3.8) is 0 Å². The first-order valence-corrected chi connectivity index (χ1v) is 4.10. The van der Waals surface area contributed by atoms with E-state index in [1.54, 1.807) is 6.33 Å². The molecule has 2 rings (SSSR count). The number of nitrogens with zero attached hydrogens (tertiary/aromatic N) is 3. The van der Waals surface area contributed by atoms with Gasteiger partial charge in [0.1, 0.15) is 11.2 Å². The number of hydrogen-bond donors (Lipinski definition) is 0. The van der Waals surface area contributed by atoms with Crippen LogP contribution >= 0.6 is 11.5 Å². The Kier molecular flexibility index (Phi) is 1.35. The van der Waals surface area contributed by atoms with Crippen LogP contribution in [-0.2, 0) is 0 Å². The van der Waals surface area contributed by atoms with Crippen molar-refractivity contribution < 1.29 is 0 Å². The van der Waals surface area contributed by atoms with Gasteiger partial charge in [0.25, 0.3) is 0 Å². The molecule has 0 spiro atoms. The van der Waals surface area contributed by atoms with Crippen molar-refractivity contribution >= 4 is 21.7 Å². The maximum Gasteiger partial charge on any atom is 0.147 e. The third-order valence-corrected chi connectivity index (χ3v) is 2.48. The van der Waals surface area contributed by atoms with Gasteiger partial charge in [0.2, 0.25) is 0 Å². The second kappa shape index (κ2) is 2.23. The predicted molar refractivity (Wildman–Crippen MR) is 44.7 cm³/mol. The molecule has 3 nitrogen and oxygen atoms in total. The Morgan fingerprint density at radius 3 is 2.73 bits per heavy atom. The lowest BCUT2D eigenvalue weighted by molar-refractivity contribution is 1.15. The molecule has 2 heterocycles. The van der Waals surface area contributed by atoms with E-state index in [4.69, 9.17) is 0 Å². The number of fused-ring (bicyclic) bond motifs is 1. The van der Waals surface area contributed by atoms with Crippen LogP contribution < -0.4 is 0 Å². The van der Waals surface area contributed by atoms with Gasteiger partial charge in [-0.1, -0.05) is 0 Å². The molecule has 0 fully saturated rings. The topological polar surface area (TPSA) is 38.7 Å². The van der Waals surface area contributed by atoms with Gasteiger partial charge in [0, 0.05) is 0 Å². The van der Waals surface area contributed by atoms with Gasteiger partial charge in [-0.2, -0.15) is 4.37 Å². The minimum Gasteiger partial charge on any atom is -0.241 e. The summed E-state index contributed by atoms with van der Waals surface area (Å²) in [6.45, 7) is 3.96. The fraction of sp³-hybridized carbons (Fsp3) is 0.286. The third kappa shape index (κ3) is 0.903. The molecule has 2 aromatic rings. The molecule has 0 saturated heterocycles. The van der Waals surface area contributed by atoms with E-state index >= 15 is 0 Å². The lowest BCUT2D eigenvalue weighted by Gasteiger charge is -1.91. The summed E-state index contributed by atoms with van der Waals surface area (Å²) in [4.78, 5) is 9.19. The van der Waals surface area contributed by atoms with E-state index < -0.39 is 0 Å². The summed E-state index contributed by atoms with van der Waals surface area (Å²) in [6.07, 6.45) is 1.58. The van der Waals surface area contributed by atoms with Crippen molar-refractivity contribution in [2.75, 3.05) is 0 Å². The Bertz CT molecular complexity index is 393. The summed E-state index contributed by atoms with van der Waals surface area (Å²) in [6, 6.07) is 0. The molecule has 0 aromatic carbocycles. The van der Waals surface area contributed by atoms with E-state index in [1.165, 1.54) is 11.5 Å². The minimum absolute atomic E-state index is 0.981. The second-order valence-corrected chi connectivity index (χ2v) is 3.16. The van der Waals surface area contributed by atoms with Gasteiger partial charge in [0.05, 0.1) is 16.8 Å². The van der Waals surface area contributed by atoms with Crippen LogP contribution in [0.1, 0.15) is 11.4 Å². The van der Waals surface area contributed by atoms with Crippen molar-refractivity contribution in [1.82, 2.24) is 14.3 Å². The first kappa shape index (κ1) is 6.67. The second-order valence-electron chi connectivity index (χ2n) is 2.41. The highest BCUT2D eigenvalue weighted by molar-refractivity contribution is 7.12. The Morgan fingerprint density at radius 2 is 2.00 bits per heavy atom. The number of aryl methyl sites for hydroxylation is 2. The first-order chi connectivity index (χ1) is 5.29. The molecule has 11 heavy (non-hydrogen) atoms. The molecule has 0 radical (unpaired) electrons. The molecule has 0 aliphatic carbocycles. The van der Waals surface area contributed by atoms with Gasteiger partial charge in [-0.05, 0) is 25.4 Å². The van der Waals surface area contributed by atoms with E-state index in [9.17, 15) is 0 Å². The maximum atomic E-state index is 4.20. The van der Waals surface area contributed by atoms with E-state index in [0.29, 0.717) is 0 Å². The van der Waals surface area contributed by atoms with Crippen LogP contribution in [0.2, 0.25) is 0 Å². The molecular formula is C7H7N3S. The number of rotatable bonds is 0. The molecular weight excluding hydrogens is 158 g/mol.